The summed E-state index contributed by atoms with van der Waals surface area (Å²) in [7, 11) is 0. The van der Waals surface area contributed by atoms with Crippen LogP contribution in [0, 0.1) is 0 Å². The van der Waals surface area contributed by atoms with Gasteiger partial charge in [-0.2, -0.15) is 0 Å². The van der Waals surface area contributed by atoms with Gasteiger partial charge in [0.2, 0.25) is 0 Å². The van der Waals surface area contributed by atoms with Crippen molar-refractivity contribution in [3.8, 4) is 0 Å². The highest BCUT2D eigenvalue weighted by Gasteiger charge is 2.17. The lowest BCUT2D eigenvalue weighted by Gasteiger charge is -2.36. The van der Waals surface area contributed by atoms with Crippen LogP contribution in [0.25, 0.3) is 10.9 Å². The molecule has 0 atom stereocenters. The van der Waals surface area contributed by atoms with E-state index in [0.29, 0.717) is 0 Å². The van der Waals surface area contributed by atoms with E-state index in [0.717, 1.165) is 38.2 Å². The topological polar surface area (TPSA) is 19.4 Å². The molecule has 0 N–H and O–H groups in total. The predicted octanol–water partition coefficient (Wildman–Crippen LogP) is 4.13. The summed E-state index contributed by atoms with van der Waals surface area (Å²) in [5.74, 6) is 0. The van der Waals surface area contributed by atoms with Gasteiger partial charge < -0.3 is 4.90 Å². The van der Waals surface area contributed by atoms with Crippen LogP contribution < -0.4 is 4.90 Å². The Kier molecular flexibility index (Phi) is 5.48. The van der Waals surface area contributed by atoms with Crippen LogP contribution >= 0.6 is 17.0 Å². The molecule has 0 radical (unpaired) electrons. The number of benzene rings is 2. The maximum Gasteiger partial charge on any atom is 0.0746 e. The molecule has 124 valence electrons. The monoisotopic (exact) mass is 383 g/mol. The summed E-state index contributed by atoms with van der Waals surface area (Å²) in [6.45, 7) is 5.34. The molecule has 1 aromatic heterocycles. The summed E-state index contributed by atoms with van der Waals surface area (Å²) in [6, 6.07) is 21.3. The van der Waals surface area contributed by atoms with Crippen LogP contribution in [0.15, 0.2) is 66.9 Å². The Labute approximate surface area is 153 Å². The molecule has 2 heterocycles. The zero-order valence-corrected chi connectivity index (χ0v) is 15.3. The summed E-state index contributed by atoms with van der Waals surface area (Å²) < 4.78 is 0. The van der Waals surface area contributed by atoms with Gasteiger partial charge in [0.15, 0.2) is 0 Å². The molecule has 1 aliphatic rings. The fraction of sp³-hybridized carbons (Fsp3) is 0.250. The van der Waals surface area contributed by atoms with Gasteiger partial charge in [0.25, 0.3) is 0 Å². The van der Waals surface area contributed by atoms with Crippen LogP contribution in [0.1, 0.15) is 5.56 Å². The van der Waals surface area contributed by atoms with E-state index >= 15 is 0 Å². The second kappa shape index (κ2) is 7.77. The van der Waals surface area contributed by atoms with Crippen molar-refractivity contribution in [2.24, 2.45) is 0 Å². The normalized spacial score (nSPS) is 15.2. The third-order valence-electron chi connectivity index (χ3n) is 4.60. The molecule has 0 saturated carbocycles. The van der Waals surface area contributed by atoms with Crippen molar-refractivity contribution in [1.29, 1.82) is 0 Å². The zero-order chi connectivity index (χ0) is 15.5. The molecule has 0 aliphatic carbocycles. The van der Waals surface area contributed by atoms with Gasteiger partial charge in [-0.25, -0.2) is 0 Å². The maximum atomic E-state index is 4.57. The van der Waals surface area contributed by atoms with Gasteiger partial charge in [-0.1, -0.05) is 42.5 Å². The maximum absolute atomic E-state index is 4.57. The van der Waals surface area contributed by atoms with Gasteiger partial charge in [-0.3, -0.25) is 9.88 Å². The van der Waals surface area contributed by atoms with Crippen molar-refractivity contribution >= 4 is 33.6 Å². The number of hydrogen-bond donors (Lipinski definition) is 0. The van der Waals surface area contributed by atoms with Crippen molar-refractivity contribution < 1.29 is 0 Å². The Morgan fingerprint density at radius 1 is 0.792 bits per heavy atom. The minimum Gasteiger partial charge on any atom is -0.369 e. The smallest absolute Gasteiger partial charge is 0.0746 e. The summed E-state index contributed by atoms with van der Waals surface area (Å²) >= 11 is 0. The number of fused-ring (bicyclic) bond motifs is 1. The molecule has 4 rings (SSSR count). The lowest BCUT2D eigenvalue weighted by atomic mass is 10.1. The minimum atomic E-state index is 0. The Morgan fingerprint density at radius 3 is 2.33 bits per heavy atom. The molecule has 3 aromatic rings. The number of rotatable bonds is 3. The Bertz CT molecular complexity index is 778. The first-order valence-electron chi connectivity index (χ1n) is 8.25. The average Bonchev–Trinajstić information content (AvgIpc) is 2.63. The standard InChI is InChI=1S/C20H21N3.BrH/c1-2-9-19(10-3-1)23-14-12-22(13-15-23)16-18-7-4-6-17-8-5-11-21-20(17)18;/h1-11H,12-16H2;1H. The predicted molar refractivity (Wildman–Crippen MR) is 106 cm³/mol. The molecular weight excluding hydrogens is 362 g/mol. The molecule has 24 heavy (non-hydrogen) atoms. The van der Waals surface area contributed by atoms with E-state index in [-0.39, 0.29) is 17.0 Å². The van der Waals surface area contributed by atoms with Crippen LogP contribution in [0.2, 0.25) is 0 Å². The number of anilines is 1. The third kappa shape index (κ3) is 3.60. The SMILES string of the molecule is Br.c1ccc(N2CCN(Cc3cccc4cccnc34)CC2)cc1. The summed E-state index contributed by atoms with van der Waals surface area (Å²) in [5, 5.41) is 1.23. The summed E-state index contributed by atoms with van der Waals surface area (Å²) in [6.07, 6.45) is 1.89. The van der Waals surface area contributed by atoms with Crippen molar-refractivity contribution in [3.05, 3.63) is 72.4 Å². The highest BCUT2D eigenvalue weighted by molar-refractivity contribution is 8.93. The van der Waals surface area contributed by atoms with Crippen molar-refractivity contribution in [3.63, 3.8) is 0 Å². The third-order valence-corrected chi connectivity index (χ3v) is 4.60. The fourth-order valence-electron chi connectivity index (χ4n) is 3.34. The number of pyridine rings is 1. The van der Waals surface area contributed by atoms with E-state index in [4.69, 9.17) is 0 Å². The lowest BCUT2D eigenvalue weighted by molar-refractivity contribution is 0.250. The van der Waals surface area contributed by atoms with Gasteiger partial charge >= 0.3 is 0 Å². The first-order chi connectivity index (χ1) is 11.4. The highest BCUT2D eigenvalue weighted by atomic mass is 79.9. The Hall–Kier alpha value is -1.91. The van der Waals surface area contributed by atoms with E-state index in [1.807, 2.05) is 12.3 Å². The van der Waals surface area contributed by atoms with Gasteiger partial charge in [-0.15, -0.1) is 17.0 Å². The van der Waals surface area contributed by atoms with Crippen molar-refractivity contribution in [2.45, 2.75) is 6.54 Å². The average molecular weight is 384 g/mol. The number of hydrogen-bond acceptors (Lipinski definition) is 3. The number of piperazine rings is 1. The van der Waals surface area contributed by atoms with E-state index < -0.39 is 0 Å². The molecule has 0 bridgehead atoms. The number of nitrogens with zero attached hydrogens (tertiary/aromatic N) is 3. The number of para-hydroxylation sites is 2. The molecule has 2 aromatic carbocycles. The van der Waals surface area contributed by atoms with Gasteiger partial charge in [-0.05, 0) is 23.8 Å². The molecule has 0 unspecified atom stereocenters. The van der Waals surface area contributed by atoms with Crippen LogP contribution in [0.4, 0.5) is 5.69 Å². The minimum absolute atomic E-state index is 0. The molecule has 4 heteroatoms. The zero-order valence-electron chi connectivity index (χ0n) is 13.6. The van der Waals surface area contributed by atoms with Crippen LogP contribution in [0.3, 0.4) is 0 Å². The van der Waals surface area contributed by atoms with E-state index in [2.05, 4.69) is 69.4 Å². The second-order valence-corrected chi connectivity index (χ2v) is 6.09. The van der Waals surface area contributed by atoms with Gasteiger partial charge in [0.05, 0.1) is 5.52 Å². The van der Waals surface area contributed by atoms with Crippen LogP contribution in [-0.4, -0.2) is 36.1 Å². The molecule has 1 saturated heterocycles. The molecule has 3 nitrogen and oxygen atoms in total. The van der Waals surface area contributed by atoms with Crippen molar-refractivity contribution in [2.75, 3.05) is 31.1 Å². The molecule has 0 amide bonds. The van der Waals surface area contributed by atoms with E-state index in [9.17, 15) is 0 Å². The van der Waals surface area contributed by atoms with Crippen LogP contribution in [0.5, 0.6) is 0 Å². The Morgan fingerprint density at radius 2 is 1.54 bits per heavy atom. The van der Waals surface area contributed by atoms with Gasteiger partial charge in [0, 0.05) is 50.0 Å². The summed E-state index contributed by atoms with van der Waals surface area (Å²) in [4.78, 5) is 9.57. The fourth-order valence-corrected chi connectivity index (χ4v) is 3.34. The number of aromatic nitrogens is 1. The second-order valence-electron chi connectivity index (χ2n) is 6.09. The molecular formula is C20H22BrN3. The largest absolute Gasteiger partial charge is 0.369 e. The Balaban J connectivity index is 0.00000169. The number of halogens is 1. The molecule has 1 fully saturated rings. The highest BCUT2D eigenvalue weighted by Crippen LogP contribution is 2.20. The molecule has 0 spiro atoms. The van der Waals surface area contributed by atoms with E-state index in [1.54, 1.807) is 0 Å². The summed E-state index contributed by atoms with van der Waals surface area (Å²) in [5.41, 5.74) is 3.80. The van der Waals surface area contributed by atoms with Crippen LogP contribution in [-0.2, 0) is 6.54 Å². The lowest BCUT2D eigenvalue weighted by Crippen LogP contribution is -2.45. The van der Waals surface area contributed by atoms with Gasteiger partial charge in [0.1, 0.15) is 0 Å². The van der Waals surface area contributed by atoms with Crippen molar-refractivity contribution in [1.82, 2.24) is 9.88 Å². The first kappa shape index (κ1) is 16.9. The molecule has 1 aliphatic heterocycles. The quantitative estimate of drug-likeness (QED) is 0.677. The first-order valence-corrected chi connectivity index (χ1v) is 8.25. The van der Waals surface area contributed by atoms with E-state index in [1.165, 1.54) is 16.6 Å².